The summed E-state index contributed by atoms with van der Waals surface area (Å²) in [6.07, 6.45) is 3.75. The van der Waals surface area contributed by atoms with Crippen LogP contribution in [0, 0.1) is 23.3 Å². The van der Waals surface area contributed by atoms with Crippen LogP contribution in [0.3, 0.4) is 0 Å². The summed E-state index contributed by atoms with van der Waals surface area (Å²) in [5, 5.41) is 4.92. The molecule has 1 aliphatic carbocycles. The van der Waals surface area contributed by atoms with E-state index in [1.54, 1.807) is 0 Å². The smallest absolute Gasteiger partial charge is 0.242 e. The molecular weight excluding hydrogens is 288 g/mol. The Morgan fingerprint density at radius 3 is 2.19 bits per heavy atom. The van der Waals surface area contributed by atoms with Crippen molar-refractivity contribution in [2.45, 2.75) is 44.7 Å². The predicted molar refractivity (Wildman–Crippen MR) is 69.8 cm³/mol. The lowest BCUT2D eigenvalue weighted by molar-refractivity contribution is -0.122. The van der Waals surface area contributed by atoms with Crippen molar-refractivity contribution >= 4 is 11.6 Å². The van der Waals surface area contributed by atoms with Crippen molar-refractivity contribution in [2.75, 3.05) is 5.32 Å². The first-order chi connectivity index (χ1) is 9.90. The Labute approximate surface area is 119 Å². The van der Waals surface area contributed by atoms with Gasteiger partial charge in [0.15, 0.2) is 23.3 Å². The summed E-state index contributed by atoms with van der Waals surface area (Å²) in [7, 11) is 0. The summed E-state index contributed by atoms with van der Waals surface area (Å²) in [6, 6.07) is -0.851. The lowest BCUT2D eigenvalue weighted by Crippen LogP contribution is -2.42. The lowest BCUT2D eigenvalue weighted by atomic mass is 10.2. The zero-order chi connectivity index (χ0) is 15.6. The molecule has 0 spiro atoms. The number of benzene rings is 1. The van der Waals surface area contributed by atoms with E-state index in [0.717, 1.165) is 25.7 Å². The molecule has 1 aromatic carbocycles. The van der Waals surface area contributed by atoms with Crippen molar-refractivity contribution in [1.29, 1.82) is 0 Å². The zero-order valence-electron chi connectivity index (χ0n) is 11.5. The van der Waals surface area contributed by atoms with Gasteiger partial charge in [-0.3, -0.25) is 4.79 Å². The molecule has 1 saturated carbocycles. The Morgan fingerprint density at radius 2 is 1.67 bits per heavy atom. The Balaban J connectivity index is 2.08. The zero-order valence-corrected chi connectivity index (χ0v) is 11.5. The fourth-order valence-electron chi connectivity index (χ4n) is 2.38. The van der Waals surface area contributed by atoms with Gasteiger partial charge in [-0.1, -0.05) is 12.8 Å². The van der Waals surface area contributed by atoms with Crippen LogP contribution in [-0.2, 0) is 4.79 Å². The highest BCUT2D eigenvalue weighted by Crippen LogP contribution is 2.25. The molecule has 1 fully saturated rings. The predicted octanol–water partition coefficient (Wildman–Crippen LogP) is 3.10. The van der Waals surface area contributed by atoms with E-state index in [4.69, 9.17) is 0 Å². The summed E-state index contributed by atoms with van der Waals surface area (Å²) < 4.78 is 53.1. The number of amides is 1. The summed E-state index contributed by atoms with van der Waals surface area (Å²) in [6.45, 7) is 1.37. The normalized spacial score (nSPS) is 16.8. The molecule has 1 amide bonds. The number of hydrogen-bond acceptors (Lipinski definition) is 2. The molecule has 116 valence electrons. The molecule has 0 heterocycles. The van der Waals surface area contributed by atoms with Crippen LogP contribution < -0.4 is 10.6 Å². The van der Waals surface area contributed by atoms with E-state index in [-0.39, 0.29) is 12.1 Å². The second-order valence-corrected chi connectivity index (χ2v) is 5.20. The Bertz CT molecular complexity index is 518. The van der Waals surface area contributed by atoms with E-state index >= 15 is 0 Å². The number of nitrogens with one attached hydrogen (secondary N) is 2. The van der Waals surface area contributed by atoms with Crippen molar-refractivity contribution < 1.29 is 22.4 Å². The second kappa shape index (κ2) is 6.32. The molecule has 0 saturated heterocycles. The summed E-state index contributed by atoms with van der Waals surface area (Å²) >= 11 is 0. The first-order valence-corrected chi connectivity index (χ1v) is 6.80. The number of carbonyl (C=O) groups excluding carboxylic acids is 1. The minimum absolute atomic E-state index is 0.0423. The molecule has 2 rings (SSSR count). The Hall–Kier alpha value is -1.79. The number of hydrogen-bond donors (Lipinski definition) is 2. The molecule has 1 aliphatic rings. The minimum Gasteiger partial charge on any atom is -0.369 e. The van der Waals surface area contributed by atoms with Crippen LogP contribution in [0.15, 0.2) is 6.07 Å². The monoisotopic (exact) mass is 304 g/mol. The van der Waals surface area contributed by atoms with Crippen molar-refractivity contribution in [1.82, 2.24) is 5.32 Å². The number of halogens is 4. The van der Waals surface area contributed by atoms with Gasteiger partial charge in [-0.2, -0.15) is 0 Å². The van der Waals surface area contributed by atoms with Gasteiger partial charge in [-0.15, -0.1) is 0 Å². The average Bonchev–Trinajstić information content (AvgIpc) is 2.94. The topological polar surface area (TPSA) is 41.1 Å². The van der Waals surface area contributed by atoms with E-state index < -0.39 is 40.9 Å². The molecule has 0 radical (unpaired) electrons. The maximum absolute atomic E-state index is 13.5. The quantitative estimate of drug-likeness (QED) is 0.663. The molecule has 7 heteroatoms. The van der Waals surface area contributed by atoms with Crippen LogP contribution in [0.4, 0.5) is 23.2 Å². The van der Waals surface area contributed by atoms with Crippen LogP contribution in [0.5, 0.6) is 0 Å². The lowest BCUT2D eigenvalue weighted by Gasteiger charge is -2.19. The summed E-state index contributed by atoms with van der Waals surface area (Å²) in [5.41, 5.74) is -0.971. The molecule has 1 atom stereocenters. The number of anilines is 1. The highest BCUT2D eigenvalue weighted by Gasteiger charge is 2.24. The molecule has 2 N–H and O–H groups in total. The first kappa shape index (κ1) is 15.6. The van der Waals surface area contributed by atoms with Gasteiger partial charge in [-0.25, -0.2) is 17.6 Å². The third-order valence-corrected chi connectivity index (χ3v) is 3.57. The largest absolute Gasteiger partial charge is 0.369 e. The third kappa shape index (κ3) is 3.46. The first-order valence-electron chi connectivity index (χ1n) is 6.80. The van der Waals surface area contributed by atoms with E-state index in [0.29, 0.717) is 0 Å². The van der Waals surface area contributed by atoms with Gasteiger partial charge in [-0.05, 0) is 19.8 Å². The fraction of sp³-hybridized carbons (Fsp3) is 0.500. The van der Waals surface area contributed by atoms with Crippen LogP contribution in [-0.4, -0.2) is 18.0 Å². The van der Waals surface area contributed by atoms with Gasteiger partial charge >= 0.3 is 0 Å². The number of carbonyl (C=O) groups is 1. The van der Waals surface area contributed by atoms with Crippen LogP contribution in [0.25, 0.3) is 0 Å². The van der Waals surface area contributed by atoms with Crippen molar-refractivity contribution in [2.24, 2.45) is 0 Å². The number of rotatable bonds is 4. The van der Waals surface area contributed by atoms with Crippen molar-refractivity contribution in [3.05, 3.63) is 29.3 Å². The highest BCUT2D eigenvalue weighted by molar-refractivity contribution is 5.84. The molecule has 0 aromatic heterocycles. The van der Waals surface area contributed by atoms with Gasteiger partial charge in [0.1, 0.15) is 11.7 Å². The van der Waals surface area contributed by atoms with Crippen molar-refractivity contribution in [3.63, 3.8) is 0 Å². The van der Waals surface area contributed by atoms with Gasteiger partial charge < -0.3 is 10.6 Å². The second-order valence-electron chi connectivity index (χ2n) is 5.20. The van der Waals surface area contributed by atoms with E-state index in [1.165, 1.54) is 6.92 Å². The molecule has 1 unspecified atom stereocenters. The Morgan fingerprint density at radius 1 is 1.14 bits per heavy atom. The van der Waals surface area contributed by atoms with Gasteiger partial charge in [0, 0.05) is 12.1 Å². The van der Waals surface area contributed by atoms with Gasteiger partial charge in [0.2, 0.25) is 5.91 Å². The molecule has 0 aliphatic heterocycles. The summed E-state index contributed by atoms with van der Waals surface area (Å²) in [5.74, 6) is -6.59. The molecule has 21 heavy (non-hydrogen) atoms. The Kier molecular flexibility index (Phi) is 4.69. The van der Waals surface area contributed by atoms with E-state index in [1.807, 2.05) is 0 Å². The molecule has 3 nitrogen and oxygen atoms in total. The maximum Gasteiger partial charge on any atom is 0.242 e. The average molecular weight is 304 g/mol. The van der Waals surface area contributed by atoms with Crippen LogP contribution in [0.2, 0.25) is 0 Å². The SMILES string of the molecule is CC(Nc1c(F)c(F)cc(F)c1F)C(=O)NC1CCCC1. The third-order valence-electron chi connectivity index (χ3n) is 3.57. The van der Waals surface area contributed by atoms with Crippen LogP contribution in [0.1, 0.15) is 32.6 Å². The van der Waals surface area contributed by atoms with E-state index in [2.05, 4.69) is 10.6 Å². The van der Waals surface area contributed by atoms with E-state index in [9.17, 15) is 22.4 Å². The van der Waals surface area contributed by atoms with Crippen LogP contribution >= 0.6 is 0 Å². The highest BCUT2D eigenvalue weighted by atomic mass is 19.2. The minimum atomic E-state index is -1.55. The van der Waals surface area contributed by atoms with Gasteiger partial charge in [0.05, 0.1) is 0 Å². The van der Waals surface area contributed by atoms with Gasteiger partial charge in [0.25, 0.3) is 0 Å². The standard InChI is InChI=1S/C14H16F4N2O/c1-7(14(21)20-8-4-2-3-5-8)19-13-11(17)9(15)6-10(16)12(13)18/h6-8,19H,2-5H2,1H3,(H,20,21). The maximum atomic E-state index is 13.5. The fourth-order valence-corrected chi connectivity index (χ4v) is 2.38. The molecule has 1 aromatic rings. The summed E-state index contributed by atoms with van der Waals surface area (Å²) in [4.78, 5) is 11.9. The van der Waals surface area contributed by atoms with Crippen molar-refractivity contribution in [3.8, 4) is 0 Å². The molecular formula is C14H16F4N2O. The molecule has 0 bridgehead atoms.